The fourth-order valence-electron chi connectivity index (χ4n) is 2.01. The monoisotopic (exact) mass is 322 g/mol. The van der Waals surface area contributed by atoms with Gasteiger partial charge in [-0.2, -0.15) is 0 Å². The summed E-state index contributed by atoms with van der Waals surface area (Å²) in [5.74, 6) is -2.38. The molecule has 23 heavy (non-hydrogen) atoms. The van der Waals surface area contributed by atoms with Gasteiger partial charge in [-0.05, 0) is 32.0 Å². The first-order chi connectivity index (χ1) is 10.9. The molecule has 2 aromatic rings. The van der Waals surface area contributed by atoms with E-state index in [4.69, 9.17) is 4.42 Å². The van der Waals surface area contributed by atoms with Gasteiger partial charge < -0.3 is 15.1 Å². The Morgan fingerprint density at radius 1 is 1.13 bits per heavy atom. The minimum Gasteiger partial charge on any atom is -0.459 e. The molecule has 1 unspecified atom stereocenters. The Morgan fingerprint density at radius 3 is 2.48 bits per heavy atom. The molecule has 5 nitrogen and oxygen atoms in total. The first-order valence-corrected chi connectivity index (χ1v) is 6.98. The van der Waals surface area contributed by atoms with Crippen molar-refractivity contribution in [2.24, 2.45) is 0 Å². The molecule has 0 aliphatic heterocycles. The van der Waals surface area contributed by atoms with E-state index in [0.29, 0.717) is 0 Å². The van der Waals surface area contributed by atoms with Crippen LogP contribution in [0.4, 0.5) is 8.78 Å². The Bertz CT molecular complexity index is 701. The molecule has 0 saturated heterocycles. The molecule has 2 amide bonds. The summed E-state index contributed by atoms with van der Waals surface area (Å²) in [4.78, 5) is 23.8. The molecule has 2 atom stereocenters. The van der Waals surface area contributed by atoms with Crippen LogP contribution in [0.15, 0.2) is 41.0 Å². The Kier molecular flexibility index (Phi) is 5.10. The van der Waals surface area contributed by atoms with Crippen LogP contribution in [-0.2, 0) is 4.79 Å². The Hall–Kier alpha value is -2.70. The van der Waals surface area contributed by atoms with E-state index >= 15 is 0 Å². The van der Waals surface area contributed by atoms with Crippen molar-refractivity contribution in [2.75, 3.05) is 0 Å². The van der Waals surface area contributed by atoms with E-state index in [-0.39, 0.29) is 11.3 Å². The SMILES string of the molecule is CC(NC(=O)[C@H](C)NC(=O)c1ccco1)c1ccc(F)cc1F. The van der Waals surface area contributed by atoms with Gasteiger partial charge in [0.2, 0.25) is 5.91 Å². The number of amides is 2. The summed E-state index contributed by atoms with van der Waals surface area (Å²) in [6, 6.07) is 4.63. The minimum absolute atomic E-state index is 0.0854. The molecule has 0 fully saturated rings. The molecule has 0 aliphatic carbocycles. The van der Waals surface area contributed by atoms with E-state index in [1.807, 2.05) is 0 Å². The summed E-state index contributed by atoms with van der Waals surface area (Å²) in [6.07, 6.45) is 1.35. The largest absolute Gasteiger partial charge is 0.459 e. The lowest BCUT2D eigenvalue weighted by Gasteiger charge is -2.19. The fourth-order valence-corrected chi connectivity index (χ4v) is 2.01. The standard InChI is InChI=1S/C16H16F2N2O3/c1-9(12-6-5-11(17)8-13(12)18)19-15(21)10(2)20-16(22)14-4-3-7-23-14/h3-10H,1-2H3,(H,19,21)(H,20,22)/t9?,10-/m0/s1. The van der Waals surface area contributed by atoms with Crippen molar-refractivity contribution in [1.29, 1.82) is 0 Å². The molecular formula is C16H16F2N2O3. The third-order valence-corrected chi connectivity index (χ3v) is 3.27. The van der Waals surface area contributed by atoms with Crippen LogP contribution < -0.4 is 10.6 Å². The number of hydrogen-bond acceptors (Lipinski definition) is 3. The first-order valence-electron chi connectivity index (χ1n) is 6.98. The molecule has 7 heteroatoms. The highest BCUT2D eigenvalue weighted by Gasteiger charge is 2.21. The highest BCUT2D eigenvalue weighted by atomic mass is 19.1. The van der Waals surface area contributed by atoms with E-state index in [1.165, 1.54) is 25.3 Å². The van der Waals surface area contributed by atoms with Crippen molar-refractivity contribution in [1.82, 2.24) is 10.6 Å². The predicted octanol–water partition coefficient (Wildman–Crippen LogP) is 2.55. The second-order valence-corrected chi connectivity index (χ2v) is 5.07. The summed E-state index contributed by atoms with van der Waals surface area (Å²) >= 11 is 0. The number of carbonyl (C=O) groups is 2. The van der Waals surface area contributed by atoms with Crippen LogP contribution in [0.2, 0.25) is 0 Å². The summed E-state index contributed by atoms with van der Waals surface area (Å²) in [5.41, 5.74) is 0.157. The molecule has 0 saturated carbocycles. The van der Waals surface area contributed by atoms with Gasteiger partial charge in [0, 0.05) is 11.6 Å². The van der Waals surface area contributed by atoms with Crippen LogP contribution >= 0.6 is 0 Å². The summed E-state index contributed by atoms with van der Waals surface area (Å²) in [6.45, 7) is 3.05. The molecule has 2 rings (SSSR count). The quantitative estimate of drug-likeness (QED) is 0.889. The number of benzene rings is 1. The van der Waals surface area contributed by atoms with Gasteiger partial charge in [0.25, 0.3) is 5.91 Å². The van der Waals surface area contributed by atoms with Crippen LogP contribution in [0.3, 0.4) is 0 Å². The van der Waals surface area contributed by atoms with Gasteiger partial charge >= 0.3 is 0 Å². The molecule has 1 heterocycles. The third-order valence-electron chi connectivity index (χ3n) is 3.27. The molecule has 1 aromatic carbocycles. The molecule has 0 spiro atoms. The number of carbonyl (C=O) groups excluding carboxylic acids is 2. The summed E-state index contributed by atoms with van der Waals surface area (Å²) in [5, 5.41) is 5.02. The van der Waals surface area contributed by atoms with E-state index in [9.17, 15) is 18.4 Å². The number of rotatable bonds is 5. The lowest BCUT2D eigenvalue weighted by Crippen LogP contribution is -2.45. The maximum absolute atomic E-state index is 13.7. The Balaban J connectivity index is 1.96. The maximum atomic E-state index is 13.7. The molecule has 2 N–H and O–H groups in total. The van der Waals surface area contributed by atoms with Crippen LogP contribution in [0.1, 0.15) is 36.0 Å². The van der Waals surface area contributed by atoms with Crippen LogP contribution in [0.5, 0.6) is 0 Å². The molecule has 122 valence electrons. The number of nitrogens with one attached hydrogen (secondary N) is 2. The first kappa shape index (κ1) is 16.7. The van der Waals surface area contributed by atoms with Crippen LogP contribution in [-0.4, -0.2) is 17.9 Å². The zero-order chi connectivity index (χ0) is 17.0. The van der Waals surface area contributed by atoms with Crippen LogP contribution in [0.25, 0.3) is 0 Å². The van der Waals surface area contributed by atoms with Crippen molar-refractivity contribution < 1.29 is 22.8 Å². The normalized spacial score (nSPS) is 13.2. The van der Waals surface area contributed by atoms with Gasteiger partial charge in [-0.15, -0.1) is 0 Å². The van der Waals surface area contributed by atoms with Crippen molar-refractivity contribution in [3.05, 3.63) is 59.6 Å². The number of halogens is 2. The van der Waals surface area contributed by atoms with Crippen molar-refractivity contribution in [3.8, 4) is 0 Å². The van der Waals surface area contributed by atoms with Crippen molar-refractivity contribution in [3.63, 3.8) is 0 Å². The van der Waals surface area contributed by atoms with Gasteiger partial charge in [0.15, 0.2) is 5.76 Å². The second-order valence-electron chi connectivity index (χ2n) is 5.07. The number of hydrogen-bond donors (Lipinski definition) is 2. The predicted molar refractivity (Wildman–Crippen MR) is 78.6 cm³/mol. The van der Waals surface area contributed by atoms with Crippen molar-refractivity contribution in [2.45, 2.75) is 25.9 Å². The molecular weight excluding hydrogens is 306 g/mol. The third kappa shape index (κ3) is 4.15. The maximum Gasteiger partial charge on any atom is 0.287 e. The van der Waals surface area contributed by atoms with E-state index < -0.39 is 35.5 Å². The van der Waals surface area contributed by atoms with Gasteiger partial charge in [0.1, 0.15) is 17.7 Å². The molecule has 0 bridgehead atoms. The lowest BCUT2D eigenvalue weighted by atomic mass is 10.1. The summed E-state index contributed by atoms with van der Waals surface area (Å²) < 4.78 is 31.5. The average molecular weight is 322 g/mol. The van der Waals surface area contributed by atoms with E-state index in [2.05, 4.69) is 10.6 Å². The Labute approximate surface area is 131 Å². The minimum atomic E-state index is -0.849. The summed E-state index contributed by atoms with van der Waals surface area (Å²) in [7, 11) is 0. The zero-order valence-electron chi connectivity index (χ0n) is 12.6. The highest BCUT2D eigenvalue weighted by Crippen LogP contribution is 2.17. The lowest BCUT2D eigenvalue weighted by molar-refractivity contribution is -0.123. The molecule has 1 aromatic heterocycles. The smallest absolute Gasteiger partial charge is 0.287 e. The topological polar surface area (TPSA) is 71.3 Å². The highest BCUT2D eigenvalue weighted by molar-refractivity contribution is 5.95. The zero-order valence-corrected chi connectivity index (χ0v) is 12.6. The average Bonchev–Trinajstić information content (AvgIpc) is 3.01. The van der Waals surface area contributed by atoms with E-state index in [1.54, 1.807) is 13.0 Å². The molecule has 0 radical (unpaired) electrons. The fraction of sp³-hybridized carbons (Fsp3) is 0.250. The van der Waals surface area contributed by atoms with Gasteiger partial charge in [0.05, 0.1) is 12.3 Å². The number of furan rings is 1. The van der Waals surface area contributed by atoms with Gasteiger partial charge in [-0.3, -0.25) is 9.59 Å². The van der Waals surface area contributed by atoms with Crippen molar-refractivity contribution >= 4 is 11.8 Å². The molecule has 0 aliphatic rings. The Morgan fingerprint density at radius 2 is 1.87 bits per heavy atom. The van der Waals surface area contributed by atoms with Gasteiger partial charge in [-0.25, -0.2) is 8.78 Å². The van der Waals surface area contributed by atoms with E-state index in [0.717, 1.165) is 12.1 Å². The van der Waals surface area contributed by atoms with Gasteiger partial charge in [-0.1, -0.05) is 6.07 Å². The van der Waals surface area contributed by atoms with Crippen LogP contribution in [0, 0.1) is 11.6 Å². The second kappa shape index (κ2) is 7.04.